The molecule has 3 unspecified atom stereocenters. The molecule has 0 aliphatic rings. The fourth-order valence-corrected chi connectivity index (χ4v) is 12.6. The molecule has 0 heterocycles. The second-order valence-electron chi connectivity index (χ2n) is 27.9. The minimum Gasteiger partial charge on any atom is -0.462 e. The Morgan fingerprint density at radius 3 is 0.937 bits per heavy atom. The maximum atomic E-state index is 13.1. The van der Waals surface area contributed by atoms with E-state index in [9.17, 15) is 43.2 Å². The summed E-state index contributed by atoms with van der Waals surface area (Å²) in [5.74, 6) is 0.104. The molecule has 0 fully saturated rings. The van der Waals surface area contributed by atoms with Gasteiger partial charge in [-0.05, 0) is 69.1 Å². The van der Waals surface area contributed by atoms with Gasteiger partial charge in [0.2, 0.25) is 0 Å². The van der Waals surface area contributed by atoms with Crippen LogP contribution in [0.2, 0.25) is 0 Å². The van der Waals surface area contributed by atoms with Crippen LogP contribution < -0.4 is 0 Å². The van der Waals surface area contributed by atoms with E-state index in [4.69, 9.17) is 37.0 Å². The summed E-state index contributed by atoms with van der Waals surface area (Å²) in [6, 6.07) is 0. The zero-order valence-corrected chi connectivity index (χ0v) is 63.4. The summed E-state index contributed by atoms with van der Waals surface area (Å²) >= 11 is 0. The highest BCUT2D eigenvalue weighted by molar-refractivity contribution is 7.47. The van der Waals surface area contributed by atoms with Gasteiger partial charge in [0.15, 0.2) is 12.2 Å². The van der Waals surface area contributed by atoms with Crippen LogP contribution in [0, 0.1) is 17.8 Å². The molecule has 0 aromatic carbocycles. The second-order valence-corrected chi connectivity index (χ2v) is 30.8. The summed E-state index contributed by atoms with van der Waals surface area (Å²) in [5.41, 5.74) is 0. The van der Waals surface area contributed by atoms with Crippen molar-refractivity contribution in [3.8, 4) is 0 Å². The van der Waals surface area contributed by atoms with Crippen LogP contribution in [0.25, 0.3) is 0 Å². The molecule has 0 aromatic rings. The highest BCUT2D eigenvalue weighted by Crippen LogP contribution is 2.45. The Bertz CT molecular complexity index is 1950. The molecule has 0 aliphatic carbocycles. The van der Waals surface area contributed by atoms with Crippen LogP contribution in [0.3, 0.4) is 0 Å². The average Bonchev–Trinajstić information content (AvgIpc) is 1.90. The number of aliphatic hydroxyl groups excluding tert-OH is 1. The van der Waals surface area contributed by atoms with Gasteiger partial charge in [-0.15, -0.1) is 0 Å². The molecule has 0 aromatic heterocycles. The van der Waals surface area contributed by atoms with Crippen molar-refractivity contribution in [2.24, 2.45) is 17.8 Å². The van der Waals surface area contributed by atoms with E-state index in [1.54, 1.807) is 0 Å². The minimum atomic E-state index is -4.97. The first-order valence-corrected chi connectivity index (χ1v) is 41.7. The number of unbranched alkanes of at least 4 members (excludes halogenated alkanes) is 36. The van der Waals surface area contributed by atoms with Crippen molar-refractivity contribution < 1.29 is 80.2 Å². The van der Waals surface area contributed by atoms with Crippen molar-refractivity contribution in [3.05, 3.63) is 24.3 Å². The third kappa shape index (κ3) is 68.5. The monoisotopic (exact) mass is 1390 g/mol. The SMILES string of the molecule is CCCCCC/C=C\C=C/CCCCCCCC(=O)O[C@H](COC(=O)CCCCCCCCCCCCCCCCCCC(C)C)COP(=O)(O)OC[C@@H](O)COP(=O)(O)OC[C@@H](COC(=O)CCCCCCCCC(C)C)OC(=O)CCCCCCCCCCC(C)CC. The third-order valence-corrected chi connectivity index (χ3v) is 19.3. The normalized spacial score (nSPS) is 14.5. The fourth-order valence-electron chi connectivity index (χ4n) is 11.0. The van der Waals surface area contributed by atoms with Crippen LogP contribution in [0.15, 0.2) is 24.3 Å². The standard InChI is InChI=1S/C76H144O17P2/c1-8-10-11-12-13-14-15-16-19-24-27-30-36-45-52-59-75(80)92-71(63-86-73(78)57-50-43-35-29-26-23-21-18-17-20-22-25-28-33-40-47-54-67(3)4)65-90-94(82,83)88-61-70(77)62-89-95(84,85)91-66-72(64-87-74(79)58-51-44-39-38-41-48-55-68(5)6)93-76(81)60-53-46-37-32-31-34-42-49-56-69(7)9-2/h14-16,19,67-72,77H,8-13,17-18,20-66H2,1-7H3,(H,82,83)(H,84,85)/b15-14-,19-16-/t69?,70-,71-,72-/m1/s1. The number of hydrogen-bond acceptors (Lipinski definition) is 15. The summed E-state index contributed by atoms with van der Waals surface area (Å²) in [6.45, 7) is 11.8. The van der Waals surface area contributed by atoms with Gasteiger partial charge >= 0.3 is 39.5 Å². The number of phosphoric ester groups is 2. The van der Waals surface area contributed by atoms with Gasteiger partial charge < -0.3 is 33.8 Å². The van der Waals surface area contributed by atoms with E-state index < -0.39 is 97.5 Å². The lowest BCUT2D eigenvalue weighted by Gasteiger charge is -2.21. The van der Waals surface area contributed by atoms with Crippen LogP contribution in [-0.4, -0.2) is 96.7 Å². The van der Waals surface area contributed by atoms with Crippen molar-refractivity contribution >= 4 is 39.5 Å². The Morgan fingerprint density at radius 2 is 0.621 bits per heavy atom. The van der Waals surface area contributed by atoms with Crippen LogP contribution in [0.5, 0.6) is 0 Å². The third-order valence-electron chi connectivity index (χ3n) is 17.4. The quantitative estimate of drug-likeness (QED) is 0.0169. The number of allylic oxidation sites excluding steroid dienone is 4. The molecule has 3 N–H and O–H groups in total. The summed E-state index contributed by atoms with van der Waals surface area (Å²) in [7, 11) is -9.92. The highest BCUT2D eigenvalue weighted by atomic mass is 31.2. The lowest BCUT2D eigenvalue weighted by atomic mass is 9.99. The van der Waals surface area contributed by atoms with E-state index >= 15 is 0 Å². The van der Waals surface area contributed by atoms with Crippen molar-refractivity contribution in [2.75, 3.05) is 39.6 Å². The first kappa shape index (κ1) is 92.5. The molecule has 0 saturated heterocycles. The lowest BCUT2D eigenvalue weighted by Crippen LogP contribution is -2.30. The zero-order chi connectivity index (χ0) is 70.1. The molecule has 560 valence electrons. The van der Waals surface area contributed by atoms with Gasteiger partial charge in [0.25, 0.3) is 0 Å². The maximum Gasteiger partial charge on any atom is 0.472 e. The Balaban J connectivity index is 5.25. The lowest BCUT2D eigenvalue weighted by molar-refractivity contribution is -0.161. The van der Waals surface area contributed by atoms with E-state index in [1.807, 2.05) is 0 Å². The number of ether oxygens (including phenoxy) is 4. The van der Waals surface area contributed by atoms with Gasteiger partial charge in [-0.1, -0.05) is 310 Å². The predicted molar refractivity (Wildman–Crippen MR) is 386 cm³/mol. The Hall–Kier alpha value is -2.46. The minimum absolute atomic E-state index is 0.0849. The van der Waals surface area contributed by atoms with Crippen molar-refractivity contribution in [1.82, 2.24) is 0 Å². The zero-order valence-electron chi connectivity index (χ0n) is 61.6. The number of esters is 4. The summed E-state index contributed by atoms with van der Waals surface area (Å²) in [5, 5.41) is 10.6. The maximum absolute atomic E-state index is 13.1. The fraction of sp³-hybridized carbons (Fsp3) is 0.895. The number of carbonyl (C=O) groups is 4. The van der Waals surface area contributed by atoms with Gasteiger partial charge in [-0.3, -0.25) is 37.3 Å². The summed E-state index contributed by atoms with van der Waals surface area (Å²) in [6.07, 6.45) is 55.1. The number of hydrogen-bond donors (Lipinski definition) is 3. The topological polar surface area (TPSA) is 237 Å². The molecule has 0 spiro atoms. The molecular weight excluding hydrogens is 1250 g/mol. The van der Waals surface area contributed by atoms with Crippen molar-refractivity contribution in [2.45, 2.75) is 381 Å². The van der Waals surface area contributed by atoms with Gasteiger partial charge in [0.1, 0.15) is 19.3 Å². The van der Waals surface area contributed by atoms with Crippen LogP contribution in [0.1, 0.15) is 363 Å². The average molecular weight is 1390 g/mol. The number of phosphoric acid groups is 2. The molecule has 95 heavy (non-hydrogen) atoms. The van der Waals surface area contributed by atoms with Crippen molar-refractivity contribution in [3.63, 3.8) is 0 Å². The molecule has 0 radical (unpaired) electrons. The molecule has 17 nitrogen and oxygen atoms in total. The van der Waals surface area contributed by atoms with E-state index in [1.165, 1.54) is 154 Å². The smallest absolute Gasteiger partial charge is 0.462 e. The molecule has 0 amide bonds. The van der Waals surface area contributed by atoms with Crippen LogP contribution >= 0.6 is 15.6 Å². The largest absolute Gasteiger partial charge is 0.472 e. The number of carbonyl (C=O) groups excluding carboxylic acids is 4. The Kier molecular flexibility index (Phi) is 64.4. The van der Waals surface area contributed by atoms with E-state index in [0.717, 1.165) is 121 Å². The highest BCUT2D eigenvalue weighted by Gasteiger charge is 2.30. The molecule has 0 bridgehead atoms. The summed E-state index contributed by atoms with van der Waals surface area (Å²) in [4.78, 5) is 72.7. The second kappa shape index (κ2) is 66.1. The number of rotatable bonds is 72. The van der Waals surface area contributed by atoms with Crippen LogP contribution in [0.4, 0.5) is 0 Å². The summed E-state index contributed by atoms with van der Waals surface area (Å²) < 4.78 is 68.4. The van der Waals surface area contributed by atoms with Crippen LogP contribution in [-0.2, 0) is 65.4 Å². The Labute approximate surface area is 580 Å². The van der Waals surface area contributed by atoms with Crippen molar-refractivity contribution in [1.29, 1.82) is 0 Å². The number of aliphatic hydroxyl groups is 1. The van der Waals surface area contributed by atoms with E-state index in [-0.39, 0.29) is 25.7 Å². The molecule has 6 atom stereocenters. The Morgan fingerprint density at radius 1 is 0.347 bits per heavy atom. The molecule has 0 rings (SSSR count). The molecule has 0 saturated carbocycles. The predicted octanol–water partition coefficient (Wildman–Crippen LogP) is 21.7. The van der Waals surface area contributed by atoms with Gasteiger partial charge in [-0.25, -0.2) is 9.13 Å². The van der Waals surface area contributed by atoms with E-state index in [0.29, 0.717) is 31.6 Å². The first-order valence-electron chi connectivity index (χ1n) is 38.7. The molecule has 0 aliphatic heterocycles. The van der Waals surface area contributed by atoms with Gasteiger partial charge in [-0.2, -0.15) is 0 Å². The molecule has 19 heteroatoms. The van der Waals surface area contributed by atoms with Gasteiger partial charge in [0, 0.05) is 25.7 Å². The van der Waals surface area contributed by atoms with Gasteiger partial charge in [0.05, 0.1) is 26.4 Å². The first-order chi connectivity index (χ1) is 45.8. The molecular formula is C76H144O17P2. The van der Waals surface area contributed by atoms with E-state index in [2.05, 4.69) is 72.8 Å².